The van der Waals surface area contributed by atoms with Gasteiger partial charge in [0.25, 0.3) is 0 Å². The summed E-state index contributed by atoms with van der Waals surface area (Å²) < 4.78 is 0. The summed E-state index contributed by atoms with van der Waals surface area (Å²) in [5.41, 5.74) is 5.43. The molecule has 88 valence electrons. The largest absolute Gasteiger partial charge is 0.481 e. The Bertz CT molecular complexity index is 247. The van der Waals surface area contributed by atoms with Crippen molar-refractivity contribution in [1.29, 1.82) is 0 Å². The number of hydrogen-bond donors (Lipinski definition) is 6. The fraction of sp³-hybridized carbons (Fsp3) is 0.875. The molecule has 0 heterocycles. The smallest absolute Gasteiger partial charge is 0.309 e. The monoisotopic (exact) mass is 221 g/mol. The predicted molar refractivity (Wildman–Crippen MR) is 47.7 cm³/mol. The van der Waals surface area contributed by atoms with Crippen molar-refractivity contribution in [1.82, 2.24) is 0 Å². The summed E-state index contributed by atoms with van der Waals surface area (Å²) in [6.07, 6.45) is -6.64. The van der Waals surface area contributed by atoms with Crippen molar-refractivity contribution in [3.05, 3.63) is 0 Å². The molecule has 1 aliphatic rings. The zero-order chi connectivity index (χ0) is 11.7. The minimum Gasteiger partial charge on any atom is -0.481 e. The Labute approximate surface area is 85.8 Å². The molecule has 0 aromatic carbocycles. The first-order chi connectivity index (χ1) is 6.86. The Kier molecular flexibility index (Phi) is 3.63. The number of nitrogens with two attached hydrogens (primary N) is 1. The van der Waals surface area contributed by atoms with Crippen LogP contribution in [0.5, 0.6) is 0 Å². The fourth-order valence-corrected chi connectivity index (χ4v) is 1.71. The van der Waals surface area contributed by atoms with Crippen LogP contribution in [0.15, 0.2) is 0 Å². The van der Waals surface area contributed by atoms with Crippen molar-refractivity contribution in [3.8, 4) is 0 Å². The molecule has 0 aliphatic heterocycles. The maximum absolute atomic E-state index is 10.7. The van der Waals surface area contributed by atoms with Gasteiger partial charge in [-0.25, -0.2) is 0 Å². The van der Waals surface area contributed by atoms with Gasteiger partial charge in [-0.15, -0.1) is 0 Å². The lowest BCUT2D eigenvalue weighted by Gasteiger charge is -2.24. The van der Waals surface area contributed by atoms with Crippen LogP contribution in [0.2, 0.25) is 0 Å². The highest BCUT2D eigenvalue weighted by Gasteiger charge is 2.44. The zero-order valence-corrected chi connectivity index (χ0v) is 7.89. The molecule has 6 unspecified atom stereocenters. The molecule has 1 aliphatic carbocycles. The third kappa shape index (κ3) is 2.27. The average Bonchev–Trinajstić information content (AvgIpc) is 2.25. The van der Waals surface area contributed by atoms with E-state index < -0.39 is 42.3 Å². The van der Waals surface area contributed by atoms with E-state index in [9.17, 15) is 25.2 Å². The van der Waals surface area contributed by atoms with Crippen LogP contribution in [0.25, 0.3) is 0 Å². The maximum atomic E-state index is 10.7. The number of aliphatic hydroxyl groups is 4. The van der Waals surface area contributed by atoms with E-state index in [1.807, 2.05) is 0 Å². The van der Waals surface area contributed by atoms with Crippen LogP contribution in [0.1, 0.15) is 6.42 Å². The molecule has 1 rings (SSSR count). The molecule has 0 aromatic heterocycles. The third-order valence-corrected chi connectivity index (χ3v) is 2.74. The molecular weight excluding hydrogens is 206 g/mol. The molecule has 7 nitrogen and oxygen atoms in total. The summed E-state index contributed by atoms with van der Waals surface area (Å²) in [7, 11) is 0. The van der Waals surface area contributed by atoms with Crippen LogP contribution in [0.4, 0.5) is 0 Å². The number of carbonyl (C=O) groups is 1. The molecular formula is C8H15NO6. The first-order valence-corrected chi connectivity index (χ1v) is 4.57. The van der Waals surface area contributed by atoms with Gasteiger partial charge in [-0.3, -0.25) is 4.79 Å². The van der Waals surface area contributed by atoms with E-state index in [1.165, 1.54) is 0 Å². The van der Waals surface area contributed by atoms with Crippen molar-refractivity contribution >= 4 is 5.97 Å². The fourth-order valence-electron chi connectivity index (χ4n) is 1.71. The van der Waals surface area contributed by atoms with Crippen LogP contribution < -0.4 is 5.73 Å². The number of aliphatic carboxylic acids is 1. The number of carboxylic acid groups (broad SMARTS) is 1. The predicted octanol–water partition coefficient (Wildman–Crippen LogP) is -3.14. The Balaban J connectivity index is 2.92. The first kappa shape index (κ1) is 12.3. The van der Waals surface area contributed by atoms with Gasteiger partial charge in [-0.1, -0.05) is 0 Å². The highest BCUT2D eigenvalue weighted by atomic mass is 16.4. The summed E-state index contributed by atoms with van der Waals surface area (Å²) in [4.78, 5) is 10.7. The lowest BCUT2D eigenvalue weighted by Crippen LogP contribution is -2.48. The Morgan fingerprint density at radius 3 is 1.93 bits per heavy atom. The van der Waals surface area contributed by atoms with Gasteiger partial charge in [-0.2, -0.15) is 0 Å². The van der Waals surface area contributed by atoms with E-state index >= 15 is 0 Å². The second-order valence-electron chi connectivity index (χ2n) is 3.81. The van der Waals surface area contributed by atoms with E-state index in [1.54, 1.807) is 0 Å². The SMILES string of the molecule is NC1CC(C(=O)O)C(O)C(O)C(O)C1O. The second kappa shape index (κ2) is 4.42. The molecule has 7 N–H and O–H groups in total. The second-order valence-corrected chi connectivity index (χ2v) is 3.81. The lowest BCUT2D eigenvalue weighted by molar-refractivity contribution is -0.152. The lowest BCUT2D eigenvalue weighted by atomic mass is 9.95. The van der Waals surface area contributed by atoms with Crippen molar-refractivity contribution in [2.45, 2.75) is 36.9 Å². The molecule has 0 spiro atoms. The van der Waals surface area contributed by atoms with Crippen molar-refractivity contribution in [2.24, 2.45) is 11.7 Å². The molecule has 0 radical (unpaired) electrons. The van der Waals surface area contributed by atoms with Gasteiger partial charge < -0.3 is 31.3 Å². The van der Waals surface area contributed by atoms with Crippen LogP contribution >= 0.6 is 0 Å². The van der Waals surface area contributed by atoms with Crippen LogP contribution in [0, 0.1) is 5.92 Å². The van der Waals surface area contributed by atoms with E-state index in [-0.39, 0.29) is 6.42 Å². The summed E-state index contributed by atoms with van der Waals surface area (Å²) in [6.45, 7) is 0. The summed E-state index contributed by atoms with van der Waals surface area (Å²) in [5.74, 6) is -2.61. The highest BCUT2D eigenvalue weighted by Crippen LogP contribution is 2.24. The maximum Gasteiger partial charge on any atom is 0.309 e. The Morgan fingerprint density at radius 2 is 1.47 bits per heavy atom. The van der Waals surface area contributed by atoms with Gasteiger partial charge in [0.15, 0.2) is 0 Å². The summed E-state index contributed by atoms with van der Waals surface area (Å²) in [6, 6.07) is -0.993. The summed E-state index contributed by atoms with van der Waals surface area (Å²) in [5, 5.41) is 46.3. The topological polar surface area (TPSA) is 144 Å². The van der Waals surface area contributed by atoms with Crippen molar-refractivity contribution in [3.63, 3.8) is 0 Å². The molecule has 0 amide bonds. The molecule has 0 bridgehead atoms. The quantitative estimate of drug-likeness (QED) is 0.257. The van der Waals surface area contributed by atoms with Crippen molar-refractivity contribution < 1.29 is 30.3 Å². The molecule has 0 saturated heterocycles. The molecule has 0 aromatic rings. The van der Waals surface area contributed by atoms with Gasteiger partial charge in [0, 0.05) is 6.04 Å². The average molecular weight is 221 g/mol. The highest BCUT2D eigenvalue weighted by molar-refractivity contribution is 5.71. The van der Waals surface area contributed by atoms with E-state index in [4.69, 9.17) is 10.8 Å². The van der Waals surface area contributed by atoms with Crippen LogP contribution in [0.3, 0.4) is 0 Å². The van der Waals surface area contributed by atoms with E-state index in [0.29, 0.717) is 0 Å². The number of rotatable bonds is 1. The Hall–Kier alpha value is -0.730. The van der Waals surface area contributed by atoms with Crippen LogP contribution in [-0.2, 0) is 4.79 Å². The van der Waals surface area contributed by atoms with Gasteiger partial charge >= 0.3 is 5.97 Å². The van der Waals surface area contributed by atoms with Gasteiger partial charge in [0.05, 0.1) is 18.1 Å². The zero-order valence-electron chi connectivity index (χ0n) is 7.89. The van der Waals surface area contributed by atoms with Gasteiger partial charge in [0.1, 0.15) is 12.2 Å². The summed E-state index contributed by atoms with van der Waals surface area (Å²) >= 11 is 0. The Morgan fingerprint density at radius 1 is 1.00 bits per heavy atom. The van der Waals surface area contributed by atoms with Gasteiger partial charge in [0.2, 0.25) is 0 Å². The van der Waals surface area contributed by atoms with E-state index in [0.717, 1.165) is 0 Å². The number of carboxylic acids is 1. The number of aliphatic hydroxyl groups excluding tert-OH is 4. The first-order valence-electron chi connectivity index (χ1n) is 4.57. The van der Waals surface area contributed by atoms with Crippen LogP contribution in [-0.4, -0.2) is 62.0 Å². The standard InChI is InChI=1S/C8H15NO6/c9-3-1-2(8(14)15)4(10)6(12)7(13)5(3)11/h2-7,10-13H,1,9H2,(H,14,15). The third-order valence-electron chi connectivity index (χ3n) is 2.74. The molecule has 6 atom stereocenters. The normalized spacial score (nSPS) is 47.3. The van der Waals surface area contributed by atoms with E-state index in [2.05, 4.69) is 0 Å². The molecule has 1 fully saturated rings. The molecule has 7 heteroatoms. The van der Waals surface area contributed by atoms with Gasteiger partial charge in [-0.05, 0) is 6.42 Å². The minimum atomic E-state index is -1.71. The molecule has 15 heavy (non-hydrogen) atoms. The van der Waals surface area contributed by atoms with Crippen molar-refractivity contribution in [2.75, 3.05) is 0 Å². The molecule has 1 saturated carbocycles. The minimum absolute atomic E-state index is 0.203. The number of hydrogen-bond acceptors (Lipinski definition) is 6.